The van der Waals surface area contributed by atoms with Gasteiger partial charge in [-0.2, -0.15) is 0 Å². The molecule has 2 unspecified atom stereocenters. The van der Waals surface area contributed by atoms with E-state index in [-0.39, 0.29) is 11.8 Å². The lowest BCUT2D eigenvalue weighted by atomic mass is 9.74. The molecule has 2 aliphatic rings. The summed E-state index contributed by atoms with van der Waals surface area (Å²) in [5.41, 5.74) is 10.7. The van der Waals surface area contributed by atoms with E-state index in [2.05, 4.69) is 150 Å². The zero-order valence-corrected chi connectivity index (χ0v) is 29.2. The lowest BCUT2D eigenvalue weighted by Gasteiger charge is -2.29. The van der Waals surface area contributed by atoms with Crippen molar-refractivity contribution in [3.8, 4) is 39.9 Å². The molecule has 11 rings (SSSR count). The summed E-state index contributed by atoms with van der Waals surface area (Å²) in [5, 5.41) is 3.64. The summed E-state index contributed by atoms with van der Waals surface area (Å²) in [6.07, 6.45) is 11.2. The van der Waals surface area contributed by atoms with Gasteiger partial charge in [-0.05, 0) is 59.7 Å². The third-order valence-electron chi connectivity index (χ3n) is 10.9. The molecule has 0 saturated carbocycles. The Morgan fingerprint density at radius 1 is 0.481 bits per heavy atom. The second-order valence-electron chi connectivity index (χ2n) is 14.0. The molecule has 2 aliphatic carbocycles. The maximum Gasteiger partial charge on any atom is 0.164 e. The zero-order valence-electron chi connectivity index (χ0n) is 29.2. The van der Waals surface area contributed by atoms with Gasteiger partial charge in [0, 0.05) is 55.9 Å². The minimum atomic E-state index is 0.125. The molecule has 5 heteroatoms. The van der Waals surface area contributed by atoms with Gasteiger partial charge in [-0.1, -0.05) is 134 Å². The molecule has 254 valence electrons. The fourth-order valence-electron chi connectivity index (χ4n) is 8.32. The number of nitrogens with zero attached hydrogens (tertiary/aromatic N) is 4. The highest BCUT2D eigenvalue weighted by molar-refractivity contribution is 6.09. The second kappa shape index (κ2) is 12.2. The number of rotatable bonds is 5. The van der Waals surface area contributed by atoms with E-state index >= 15 is 0 Å². The smallest absolute Gasteiger partial charge is 0.164 e. The highest BCUT2D eigenvalue weighted by Gasteiger charge is 2.33. The number of benzene rings is 6. The van der Waals surface area contributed by atoms with Crippen molar-refractivity contribution in [3.05, 3.63) is 193 Å². The third kappa shape index (κ3) is 4.90. The molecule has 54 heavy (non-hydrogen) atoms. The lowest BCUT2D eigenvalue weighted by Crippen LogP contribution is -2.16. The van der Waals surface area contributed by atoms with Crippen LogP contribution in [0.3, 0.4) is 0 Å². The summed E-state index contributed by atoms with van der Waals surface area (Å²) in [6, 6.07) is 52.7. The highest BCUT2D eigenvalue weighted by Crippen LogP contribution is 2.47. The Balaban J connectivity index is 0.984. The molecule has 3 aromatic heterocycles. The van der Waals surface area contributed by atoms with Crippen LogP contribution in [0, 0.1) is 5.92 Å². The van der Waals surface area contributed by atoms with E-state index in [0.29, 0.717) is 17.5 Å². The first-order valence-corrected chi connectivity index (χ1v) is 18.4. The van der Waals surface area contributed by atoms with E-state index < -0.39 is 0 Å². The molecule has 0 N–H and O–H groups in total. The van der Waals surface area contributed by atoms with Crippen molar-refractivity contribution in [1.29, 1.82) is 0 Å². The number of fused-ring (bicyclic) bond motifs is 8. The molecule has 5 nitrogen and oxygen atoms in total. The van der Waals surface area contributed by atoms with Crippen LogP contribution in [0.15, 0.2) is 180 Å². The lowest BCUT2D eigenvalue weighted by molar-refractivity contribution is 0.496. The monoisotopic (exact) mass is 692 g/mol. The van der Waals surface area contributed by atoms with Crippen LogP contribution >= 0.6 is 0 Å². The largest absolute Gasteiger partial charge is 0.460 e. The van der Waals surface area contributed by atoms with Gasteiger partial charge in [-0.15, -0.1) is 0 Å². The Bertz CT molecular complexity index is 2950. The van der Waals surface area contributed by atoms with Crippen LogP contribution in [0.4, 0.5) is 0 Å². The summed E-state index contributed by atoms with van der Waals surface area (Å²) < 4.78 is 8.78. The van der Waals surface area contributed by atoms with Gasteiger partial charge in [0.05, 0.1) is 11.0 Å². The van der Waals surface area contributed by atoms with Crippen molar-refractivity contribution < 1.29 is 4.42 Å². The van der Waals surface area contributed by atoms with E-state index in [0.717, 1.165) is 44.7 Å². The molecule has 0 bridgehead atoms. The van der Waals surface area contributed by atoms with E-state index in [1.807, 2.05) is 36.4 Å². The van der Waals surface area contributed by atoms with Gasteiger partial charge in [0.15, 0.2) is 17.5 Å². The normalized spacial score (nSPS) is 16.1. The molecule has 9 aromatic rings. The standard InChI is InChI=1S/C49H32N4O/c1-2-12-31(13-3-1)47-50-48(32-24-26-35(27-25-32)53-43-21-7-4-16-38(43)39-17-5-8-22-44(39)53)52-49(51-47)34-15-10-14-33(30-34)36-19-11-20-41-37(36)28-29-42-40-18-6-9-23-45(40)54-46(41)42/h1-30,37,41H. The Morgan fingerprint density at radius 3 is 1.81 bits per heavy atom. The maximum atomic E-state index is 6.46. The van der Waals surface area contributed by atoms with Gasteiger partial charge >= 0.3 is 0 Å². The van der Waals surface area contributed by atoms with Crippen LogP contribution in [0.5, 0.6) is 0 Å². The molecule has 2 atom stereocenters. The number of allylic oxidation sites excluding steroid dienone is 5. The summed E-state index contributed by atoms with van der Waals surface area (Å²) in [7, 11) is 0. The van der Waals surface area contributed by atoms with Crippen molar-refractivity contribution >= 4 is 44.4 Å². The maximum absolute atomic E-state index is 6.46. The van der Waals surface area contributed by atoms with Crippen molar-refractivity contribution in [1.82, 2.24) is 19.5 Å². The number of aromatic nitrogens is 4. The quantitative estimate of drug-likeness (QED) is 0.180. The fraction of sp³-hybridized carbons (Fsp3) is 0.0408. The molecule has 0 amide bonds. The molecule has 0 radical (unpaired) electrons. The molecule has 6 aromatic carbocycles. The number of hydrogen-bond donors (Lipinski definition) is 0. The molecular weight excluding hydrogens is 661 g/mol. The second-order valence-corrected chi connectivity index (χ2v) is 14.0. The molecule has 0 fully saturated rings. The van der Waals surface area contributed by atoms with E-state index in [4.69, 9.17) is 19.4 Å². The van der Waals surface area contributed by atoms with Crippen molar-refractivity contribution in [2.75, 3.05) is 0 Å². The number of hydrogen-bond acceptors (Lipinski definition) is 4. The molecule has 0 aliphatic heterocycles. The molecule has 0 spiro atoms. The molecule has 0 saturated heterocycles. The summed E-state index contributed by atoms with van der Waals surface area (Å²) >= 11 is 0. The van der Waals surface area contributed by atoms with Crippen LogP contribution in [0.25, 0.3) is 84.3 Å². The average Bonchev–Trinajstić information content (AvgIpc) is 3.80. The summed E-state index contributed by atoms with van der Waals surface area (Å²) in [5.74, 6) is 3.21. The minimum Gasteiger partial charge on any atom is -0.460 e. The Hall–Kier alpha value is -7.11. The third-order valence-corrected chi connectivity index (χ3v) is 10.9. The van der Waals surface area contributed by atoms with Gasteiger partial charge in [0.1, 0.15) is 11.3 Å². The number of furan rings is 1. The topological polar surface area (TPSA) is 56.7 Å². The van der Waals surface area contributed by atoms with Crippen LogP contribution < -0.4 is 0 Å². The zero-order chi connectivity index (χ0) is 35.6. The van der Waals surface area contributed by atoms with Gasteiger partial charge in [-0.25, -0.2) is 15.0 Å². The van der Waals surface area contributed by atoms with Gasteiger partial charge < -0.3 is 8.98 Å². The predicted molar refractivity (Wildman–Crippen MR) is 219 cm³/mol. The van der Waals surface area contributed by atoms with Crippen molar-refractivity contribution in [2.45, 2.75) is 5.92 Å². The Morgan fingerprint density at radius 2 is 1.07 bits per heavy atom. The summed E-state index contributed by atoms with van der Waals surface area (Å²) in [4.78, 5) is 15.2. The van der Waals surface area contributed by atoms with E-state index in [1.165, 1.54) is 32.9 Å². The fourth-order valence-corrected chi connectivity index (χ4v) is 8.32. The average molecular weight is 693 g/mol. The van der Waals surface area contributed by atoms with Crippen molar-refractivity contribution in [3.63, 3.8) is 0 Å². The van der Waals surface area contributed by atoms with Gasteiger partial charge in [0.2, 0.25) is 0 Å². The first kappa shape index (κ1) is 30.5. The first-order valence-electron chi connectivity index (χ1n) is 18.4. The van der Waals surface area contributed by atoms with Gasteiger partial charge in [-0.3, -0.25) is 0 Å². The van der Waals surface area contributed by atoms with Crippen LogP contribution in [0.2, 0.25) is 0 Å². The Kier molecular flexibility index (Phi) is 6.92. The predicted octanol–water partition coefficient (Wildman–Crippen LogP) is 12.1. The minimum absolute atomic E-state index is 0.125. The first-order chi connectivity index (χ1) is 26.8. The Labute approximate surface area is 311 Å². The summed E-state index contributed by atoms with van der Waals surface area (Å²) in [6.45, 7) is 0. The number of para-hydroxylation sites is 3. The molecular formula is C49H32N4O. The van der Waals surface area contributed by atoms with E-state index in [1.54, 1.807) is 0 Å². The van der Waals surface area contributed by atoms with Gasteiger partial charge in [0.25, 0.3) is 0 Å². The van der Waals surface area contributed by atoms with Crippen LogP contribution in [-0.2, 0) is 0 Å². The molecule has 3 heterocycles. The van der Waals surface area contributed by atoms with Crippen LogP contribution in [-0.4, -0.2) is 19.5 Å². The van der Waals surface area contributed by atoms with Crippen molar-refractivity contribution in [2.24, 2.45) is 5.92 Å². The SMILES string of the molecule is C1=CC2c3oc4ccccc4c3C=CC2C(c2cccc(-c3nc(-c4ccccc4)nc(-c4ccc(-n5c6ccccc6c6ccccc65)cc4)n3)c2)=C1. The highest BCUT2D eigenvalue weighted by atomic mass is 16.3. The van der Waals surface area contributed by atoms with Crippen LogP contribution in [0.1, 0.15) is 22.8 Å². The van der Waals surface area contributed by atoms with E-state index in [9.17, 15) is 0 Å².